The van der Waals surface area contributed by atoms with Gasteiger partial charge in [-0.2, -0.15) is 0 Å². The van der Waals surface area contributed by atoms with Crippen molar-refractivity contribution in [3.63, 3.8) is 0 Å². The molecule has 25 heavy (non-hydrogen) atoms. The number of hydrogen-bond acceptors (Lipinski definition) is 5. The van der Waals surface area contributed by atoms with Crippen LogP contribution >= 0.6 is 0 Å². The minimum absolute atomic E-state index is 0. The van der Waals surface area contributed by atoms with Crippen LogP contribution in [0.25, 0.3) is 0 Å². The van der Waals surface area contributed by atoms with E-state index in [2.05, 4.69) is 20.9 Å². The summed E-state index contributed by atoms with van der Waals surface area (Å²) in [5.74, 6) is -2.72. The molecule has 15 heteroatoms. The summed E-state index contributed by atoms with van der Waals surface area (Å²) in [5.41, 5.74) is 6.16. The molecule has 0 amide bonds. The van der Waals surface area contributed by atoms with Crippen LogP contribution in [-0.2, 0) is 19.1 Å². The van der Waals surface area contributed by atoms with E-state index in [0.717, 1.165) is 0 Å². The molecule has 0 saturated carbocycles. The summed E-state index contributed by atoms with van der Waals surface area (Å²) in [6.45, 7) is -1.39. The maximum atomic E-state index is 11.3. The van der Waals surface area contributed by atoms with Crippen molar-refractivity contribution in [2.24, 2.45) is 0 Å². The highest BCUT2D eigenvalue weighted by Gasteiger charge is 2.30. The second-order valence-corrected chi connectivity index (χ2v) is 4.22. The number of carbonyl (C=O) groups excluding carboxylic acids is 1. The number of carboxylic acids is 2. The van der Waals surface area contributed by atoms with E-state index in [1.165, 1.54) is 0 Å². The molecule has 0 heterocycles. The molecule has 0 bridgehead atoms. The van der Waals surface area contributed by atoms with E-state index in [1.807, 2.05) is 0 Å². The minimum Gasteiger partial charge on any atom is -1.00 e. The first-order valence-electron chi connectivity index (χ1n) is 6.17. The maximum Gasteiger partial charge on any atom is 0.522 e. The third kappa shape index (κ3) is 22.6. The highest BCUT2D eigenvalue weighted by Crippen LogP contribution is 2.16. The second-order valence-electron chi connectivity index (χ2n) is 4.22. The topological polar surface area (TPSA) is 151 Å². The number of aliphatic carboxylic acids is 2. The van der Waals surface area contributed by atoms with Crippen LogP contribution < -0.4 is 29.0 Å². The highest BCUT2D eigenvalue weighted by atomic mass is 35.5. The summed E-state index contributed by atoms with van der Waals surface area (Å²) >= 11 is 0. The van der Waals surface area contributed by atoms with Crippen LogP contribution in [0, 0.1) is 0 Å². The first-order valence-corrected chi connectivity index (χ1v) is 6.17. The van der Waals surface area contributed by atoms with Gasteiger partial charge in [0.15, 0.2) is 6.04 Å². The van der Waals surface area contributed by atoms with Crippen molar-refractivity contribution in [3.8, 4) is 0 Å². The predicted octanol–water partition coefficient (Wildman–Crippen LogP) is -5.11. The first-order chi connectivity index (χ1) is 10.7. The molecule has 0 saturated heterocycles. The maximum absolute atomic E-state index is 11.3. The number of alkyl halides is 6. The largest absolute Gasteiger partial charge is 1.00 e. The number of carbonyl (C=O) groups is 2. The quantitative estimate of drug-likeness (QED) is 0.340. The molecule has 0 rings (SSSR count). The smallest absolute Gasteiger partial charge is 0.522 e. The first kappa shape index (κ1) is 28.5. The summed E-state index contributed by atoms with van der Waals surface area (Å²) in [6.07, 6.45) is -9.99. The molecule has 0 aromatic carbocycles. The monoisotopic (exact) mass is 410 g/mol. The number of halogens is 7. The van der Waals surface area contributed by atoms with Gasteiger partial charge in [0.2, 0.25) is 0 Å². The molecule has 0 aromatic rings. The van der Waals surface area contributed by atoms with Crippen molar-refractivity contribution >= 4 is 11.9 Å². The molecule has 2 atom stereocenters. The normalized spacial score (nSPS) is 13.8. The SMILES string of the molecule is [Cl-].[NH3+][C@@H](CCOC(F)(F)F)C(=O)O.[NH3+][C@@H](CCOC(F)(F)F)C(=O)[O-]. The molecular weight excluding hydrogens is 394 g/mol. The fourth-order valence-electron chi connectivity index (χ4n) is 0.875. The van der Waals surface area contributed by atoms with Gasteiger partial charge in [0.1, 0.15) is 6.04 Å². The number of ether oxygens (including phenoxy) is 2. The number of carboxylic acid groups (broad SMARTS) is 2. The molecule has 0 aromatic heterocycles. The summed E-state index contributed by atoms with van der Waals surface area (Å²) in [4.78, 5) is 20.0. The summed E-state index contributed by atoms with van der Waals surface area (Å²) in [5, 5.41) is 18.2. The van der Waals surface area contributed by atoms with Gasteiger partial charge in [-0.25, -0.2) is 4.79 Å². The standard InChI is InChI=1S/2C5H8F3NO3.ClH/c2*6-5(7,8)12-2-1-3(9)4(10)11;/h2*3H,1-2,9H2,(H,10,11);1H/t2*3-;/m00./s1. The van der Waals surface area contributed by atoms with E-state index in [4.69, 9.17) is 5.11 Å². The third-order valence-corrected chi connectivity index (χ3v) is 2.15. The van der Waals surface area contributed by atoms with Gasteiger partial charge in [0, 0.05) is 12.8 Å². The molecule has 0 aliphatic rings. The lowest BCUT2D eigenvalue weighted by Crippen LogP contribution is -3.00. The van der Waals surface area contributed by atoms with E-state index in [0.29, 0.717) is 0 Å². The average molecular weight is 411 g/mol. The summed E-state index contributed by atoms with van der Waals surface area (Å²) in [7, 11) is 0. The zero-order valence-corrected chi connectivity index (χ0v) is 13.3. The van der Waals surface area contributed by atoms with Gasteiger partial charge in [-0.15, -0.1) is 26.3 Å². The van der Waals surface area contributed by atoms with Gasteiger partial charge in [-0.05, 0) is 0 Å². The lowest BCUT2D eigenvalue weighted by Gasteiger charge is -2.10. The summed E-state index contributed by atoms with van der Waals surface area (Å²) < 4.78 is 74.5. The lowest BCUT2D eigenvalue weighted by molar-refractivity contribution is -0.441. The van der Waals surface area contributed by atoms with Crippen LogP contribution in [0.2, 0.25) is 0 Å². The zero-order valence-electron chi connectivity index (χ0n) is 12.5. The van der Waals surface area contributed by atoms with Gasteiger partial charge < -0.3 is 38.9 Å². The van der Waals surface area contributed by atoms with E-state index in [1.54, 1.807) is 0 Å². The van der Waals surface area contributed by atoms with Crippen LogP contribution in [0.15, 0.2) is 0 Å². The fourth-order valence-corrected chi connectivity index (χ4v) is 0.875. The molecule has 0 aliphatic carbocycles. The van der Waals surface area contributed by atoms with Crippen molar-refractivity contribution in [3.05, 3.63) is 0 Å². The molecule has 0 spiro atoms. The molecule has 8 nitrogen and oxygen atoms in total. The Kier molecular flexibility index (Phi) is 14.7. The van der Waals surface area contributed by atoms with Crippen molar-refractivity contribution in [1.29, 1.82) is 0 Å². The van der Waals surface area contributed by atoms with Gasteiger partial charge in [0.05, 0.1) is 19.2 Å². The van der Waals surface area contributed by atoms with Gasteiger partial charge in [-0.3, -0.25) is 9.47 Å². The van der Waals surface area contributed by atoms with E-state index in [-0.39, 0.29) is 25.2 Å². The third-order valence-electron chi connectivity index (χ3n) is 2.15. The summed E-state index contributed by atoms with van der Waals surface area (Å²) in [6, 6.07) is -2.24. The number of hydrogen-bond donors (Lipinski definition) is 3. The Hall–Kier alpha value is -1.35. The van der Waals surface area contributed by atoms with Crippen molar-refractivity contribution in [2.45, 2.75) is 37.7 Å². The second kappa shape index (κ2) is 12.9. The molecule has 0 aliphatic heterocycles. The Balaban J connectivity index is -0.000000372. The Labute approximate surface area is 143 Å². The van der Waals surface area contributed by atoms with E-state index < -0.39 is 50.0 Å². The van der Waals surface area contributed by atoms with Gasteiger partial charge >= 0.3 is 18.7 Å². The van der Waals surface area contributed by atoms with Crippen molar-refractivity contribution in [2.75, 3.05) is 13.2 Å². The van der Waals surface area contributed by atoms with Gasteiger partial charge in [-0.1, -0.05) is 0 Å². The van der Waals surface area contributed by atoms with Gasteiger partial charge in [0.25, 0.3) is 0 Å². The van der Waals surface area contributed by atoms with E-state index >= 15 is 0 Å². The lowest BCUT2D eigenvalue weighted by atomic mass is 10.2. The Morgan fingerprint density at radius 2 is 1.24 bits per heavy atom. The van der Waals surface area contributed by atoms with Crippen LogP contribution in [0.4, 0.5) is 26.3 Å². The predicted molar refractivity (Wildman–Crippen MR) is 59.2 cm³/mol. The van der Waals surface area contributed by atoms with E-state index in [9.17, 15) is 41.0 Å². The average Bonchev–Trinajstić information content (AvgIpc) is 2.35. The Bertz CT molecular complexity index is 359. The molecule has 0 radical (unpaired) electrons. The van der Waals surface area contributed by atoms with Crippen LogP contribution in [0.5, 0.6) is 0 Å². The van der Waals surface area contributed by atoms with Crippen molar-refractivity contribution in [1.82, 2.24) is 0 Å². The fraction of sp³-hybridized carbons (Fsp3) is 0.800. The van der Waals surface area contributed by atoms with Crippen LogP contribution in [0.3, 0.4) is 0 Å². The Morgan fingerprint density at radius 1 is 0.920 bits per heavy atom. The zero-order chi connectivity index (χ0) is 19.6. The minimum atomic E-state index is -4.72. The highest BCUT2D eigenvalue weighted by molar-refractivity contribution is 5.71. The Morgan fingerprint density at radius 3 is 1.48 bits per heavy atom. The molecule has 0 unspecified atom stereocenters. The number of quaternary nitrogens is 2. The number of rotatable bonds is 8. The molecule has 7 N–H and O–H groups in total. The van der Waals surface area contributed by atoms with Crippen LogP contribution in [0.1, 0.15) is 12.8 Å². The molecular formula is C10H17ClF6N2O6. The molecule has 152 valence electrons. The van der Waals surface area contributed by atoms with Crippen molar-refractivity contribution < 1.29 is 79.5 Å². The molecule has 0 fully saturated rings. The van der Waals surface area contributed by atoms with Crippen LogP contribution in [-0.4, -0.2) is 55.1 Å².